The lowest BCUT2D eigenvalue weighted by atomic mass is 10.1. The molecule has 0 saturated heterocycles. The van der Waals surface area contributed by atoms with Gasteiger partial charge in [0, 0.05) is 42.3 Å². The van der Waals surface area contributed by atoms with Gasteiger partial charge in [-0.2, -0.15) is 0 Å². The lowest BCUT2D eigenvalue weighted by Crippen LogP contribution is -2.15. The number of hydrogen-bond acceptors (Lipinski definition) is 3. The second kappa shape index (κ2) is 8.61. The Hall–Kier alpha value is -3.60. The third kappa shape index (κ3) is 5.02. The van der Waals surface area contributed by atoms with Crippen LogP contribution in [0.5, 0.6) is 0 Å². The maximum atomic E-state index is 12.5. The molecular weight excluding hydrogens is 362 g/mol. The Labute approximate surface area is 171 Å². The van der Waals surface area contributed by atoms with Gasteiger partial charge in [0.1, 0.15) is 0 Å². The lowest BCUT2D eigenvalue weighted by molar-refractivity contribution is 0.101. The summed E-state index contributed by atoms with van der Waals surface area (Å²) in [7, 11) is 3.93. The van der Waals surface area contributed by atoms with Gasteiger partial charge in [0.05, 0.1) is 0 Å². The van der Waals surface area contributed by atoms with Crippen LogP contribution in [-0.2, 0) is 0 Å². The van der Waals surface area contributed by atoms with Crippen molar-refractivity contribution in [2.75, 3.05) is 29.6 Å². The zero-order valence-electron chi connectivity index (χ0n) is 17.1. The van der Waals surface area contributed by atoms with Crippen LogP contribution in [0.2, 0.25) is 0 Å². The van der Waals surface area contributed by atoms with E-state index >= 15 is 0 Å². The average molecular weight is 387 g/mol. The largest absolute Gasteiger partial charge is 0.378 e. The van der Waals surface area contributed by atoms with Gasteiger partial charge in [-0.3, -0.25) is 9.59 Å². The molecule has 0 saturated carbocycles. The second-order valence-electron chi connectivity index (χ2n) is 7.25. The Morgan fingerprint density at radius 1 is 0.724 bits per heavy atom. The summed E-state index contributed by atoms with van der Waals surface area (Å²) in [6, 6.07) is 20.1. The van der Waals surface area contributed by atoms with Gasteiger partial charge >= 0.3 is 0 Å². The van der Waals surface area contributed by atoms with E-state index in [1.165, 1.54) is 0 Å². The molecule has 3 aromatic carbocycles. The van der Waals surface area contributed by atoms with E-state index < -0.39 is 0 Å². The highest BCUT2D eigenvalue weighted by molar-refractivity contribution is 6.07. The number of benzene rings is 3. The van der Waals surface area contributed by atoms with E-state index in [1.54, 1.807) is 24.3 Å². The van der Waals surface area contributed by atoms with Gasteiger partial charge in [0.2, 0.25) is 0 Å². The number of carbonyl (C=O) groups is 2. The van der Waals surface area contributed by atoms with Crippen LogP contribution in [0.15, 0.2) is 66.7 Å². The molecule has 2 amide bonds. The molecule has 0 radical (unpaired) electrons. The molecule has 0 aliphatic carbocycles. The summed E-state index contributed by atoms with van der Waals surface area (Å²) in [4.78, 5) is 26.9. The fraction of sp³-hybridized carbons (Fsp3) is 0.167. The van der Waals surface area contributed by atoms with Crippen molar-refractivity contribution in [2.24, 2.45) is 0 Å². The summed E-state index contributed by atoms with van der Waals surface area (Å²) in [5.41, 5.74) is 5.70. The third-order valence-corrected chi connectivity index (χ3v) is 4.68. The topological polar surface area (TPSA) is 61.4 Å². The zero-order valence-corrected chi connectivity index (χ0v) is 17.1. The number of hydrogen-bond donors (Lipinski definition) is 2. The molecule has 0 aromatic heterocycles. The van der Waals surface area contributed by atoms with E-state index in [1.807, 2.05) is 75.3 Å². The van der Waals surface area contributed by atoms with Crippen molar-refractivity contribution < 1.29 is 9.59 Å². The van der Waals surface area contributed by atoms with Crippen molar-refractivity contribution in [1.82, 2.24) is 0 Å². The molecule has 5 nitrogen and oxygen atoms in total. The number of aryl methyl sites for hydroxylation is 2. The molecule has 3 aromatic rings. The predicted molar refractivity (Wildman–Crippen MR) is 119 cm³/mol. The van der Waals surface area contributed by atoms with Crippen molar-refractivity contribution in [3.8, 4) is 0 Å². The number of rotatable bonds is 5. The Balaban J connectivity index is 1.65. The van der Waals surface area contributed by atoms with Gasteiger partial charge in [0.25, 0.3) is 11.8 Å². The van der Waals surface area contributed by atoms with Gasteiger partial charge in [-0.1, -0.05) is 17.7 Å². The maximum absolute atomic E-state index is 12.5. The minimum Gasteiger partial charge on any atom is -0.378 e. The van der Waals surface area contributed by atoms with E-state index in [-0.39, 0.29) is 11.8 Å². The van der Waals surface area contributed by atoms with Crippen molar-refractivity contribution in [3.05, 3.63) is 89.0 Å². The smallest absolute Gasteiger partial charge is 0.255 e. The fourth-order valence-corrected chi connectivity index (χ4v) is 2.97. The van der Waals surface area contributed by atoms with E-state index in [0.29, 0.717) is 11.1 Å². The number of amides is 2. The predicted octanol–water partition coefficient (Wildman–Crippen LogP) is 4.87. The monoisotopic (exact) mass is 387 g/mol. The van der Waals surface area contributed by atoms with Gasteiger partial charge in [-0.25, -0.2) is 0 Å². The molecule has 2 N–H and O–H groups in total. The molecule has 0 atom stereocenters. The molecule has 3 rings (SSSR count). The molecule has 0 fully saturated rings. The first-order chi connectivity index (χ1) is 13.8. The van der Waals surface area contributed by atoms with E-state index in [0.717, 1.165) is 28.2 Å². The van der Waals surface area contributed by atoms with Crippen LogP contribution in [0.4, 0.5) is 17.1 Å². The minimum atomic E-state index is -0.219. The fourth-order valence-electron chi connectivity index (χ4n) is 2.97. The van der Waals surface area contributed by atoms with Crippen molar-refractivity contribution in [3.63, 3.8) is 0 Å². The Morgan fingerprint density at radius 2 is 1.28 bits per heavy atom. The normalized spacial score (nSPS) is 10.3. The van der Waals surface area contributed by atoms with Crippen LogP contribution in [0, 0.1) is 13.8 Å². The standard InChI is InChI=1S/C24H25N3O2/c1-16-5-14-22(17(2)15-16)26-24(29)19-8-6-18(7-9-19)23(28)25-20-10-12-21(13-11-20)27(3)4/h5-15H,1-4H3,(H,25,28)(H,26,29). The van der Waals surface area contributed by atoms with Gasteiger partial charge in [0.15, 0.2) is 0 Å². The van der Waals surface area contributed by atoms with Crippen molar-refractivity contribution in [1.29, 1.82) is 0 Å². The molecule has 0 bridgehead atoms. The van der Waals surface area contributed by atoms with E-state index in [9.17, 15) is 9.59 Å². The molecular formula is C24H25N3O2. The molecule has 0 spiro atoms. The lowest BCUT2D eigenvalue weighted by Gasteiger charge is -2.13. The molecule has 0 heterocycles. The summed E-state index contributed by atoms with van der Waals surface area (Å²) in [5, 5.41) is 5.78. The van der Waals surface area contributed by atoms with Crippen LogP contribution >= 0.6 is 0 Å². The van der Waals surface area contributed by atoms with E-state index in [2.05, 4.69) is 10.6 Å². The summed E-state index contributed by atoms with van der Waals surface area (Å²) < 4.78 is 0. The van der Waals surface area contributed by atoms with Crippen molar-refractivity contribution >= 4 is 28.9 Å². The molecule has 29 heavy (non-hydrogen) atoms. The second-order valence-corrected chi connectivity index (χ2v) is 7.25. The summed E-state index contributed by atoms with van der Waals surface area (Å²) in [6.45, 7) is 3.97. The first-order valence-electron chi connectivity index (χ1n) is 9.41. The molecule has 148 valence electrons. The minimum absolute atomic E-state index is 0.205. The Kier molecular flexibility index (Phi) is 5.98. The maximum Gasteiger partial charge on any atom is 0.255 e. The number of anilines is 3. The number of nitrogens with zero attached hydrogens (tertiary/aromatic N) is 1. The highest BCUT2D eigenvalue weighted by atomic mass is 16.2. The van der Waals surface area contributed by atoms with Crippen molar-refractivity contribution in [2.45, 2.75) is 13.8 Å². The summed E-state index contributed by atoms with van der Waals surface area (Å²) in [5.74, 6) is -0.424. The number of carbonyl (C=O) groups excluding carboxylic acids is 2. The zero-order chi connectivity index (χ0) is 21.0. The summed E-state index contributed by atoms with van der Waals surface area (Å²) in [6.07, 6.45) is 0. The van der Waals surface area contributed by atoms with Gasteiger partial charge in [-0.05, 0) is 74.0 Å². The van der Waals surface area contributed by atoms with Crippen LogP contribution < -0.4 is 15.5 Å². The van der Waals surface area contributed by atoms with Crippen LogP contribution in [-0.4, -0.2) is 25.9 Å². The Morgan fingerprint density at radius 3 is 1.79 bits per heavy atom. The molecule has 5 heteroatoms. The van der Waals surface area contributed by atoms with Gasteiger partial charge in [-0.15, -0.1) is 0 Å². The average Bonchev–Trinajstić information content (AvgIpc) is 2.70. The first-order valence-corrected chi connectivity index (χ1v) is 9.41. The quantitative estimate of drug-likeness (QED) is 0.656. The Bertz CT molecular complexity index is 1020. The molecule has 0 aliphatic heterocycles. The SMILES string of the molecule is Cc1ccc(NC(=O)c2ccc(C(=O)Nc3ccc(N(C)C)cc3)cc2)c(C)c1. The highest BCUT2D eigenvalue weighted by Gasteiger charge is 2.11. The molecule has 0 aliphatic rings. The van der Waals surface area contributed by atoms with Crippen LogP contribution in [0.3, 0.4) is 0 Å². The summed E-state index contributed by atoms with van der Waals surface area (Å²) >= 11 is 0. The van der Waals surface area contributed by atoms with Crippen LogP contribution in [0.1, 0.15) is 31.8 Å². The first kappa shape index (κ1) is 20.1. The number of nitrogens with one attached hydrogen (secondary N) is 2. The third-order valence-electron chi connectivity index (χ3n) is 4.68. The van der Waals surface area contributed by atoms with Crippen LogP contribution in [0.25, 0.3) is 0 Å². The highest BCUT2D eigenvalue weighted by Crippen LogP contribution is 2.18. The molecule has 0 unspecified atom stereocenters. The van der Waals surface area contributed by atoms with Gasteiger partial charge < -0.3 is 15.5 Å². The van der Waals surface area contributed by atoms with E-state index in [4.69, 9.17) is 0 Å².